The number of carbonyl (C=O) groups excluding carboxylic acids is 1. The number of rotatable bonds is 11. The van der Waals surface area contributed by atoms with Gasteiger partial charge in [0.1, 0.15) is 73.2 Å². The van der Waals surface area contributed by atoms with Gasteiger partial charge in [-0.05, 0) is 109 Å². The van der Waals surface area contributed by atoms with Crippen LogP contribution in [0.5, 0.6) is 0 Å². The molecule has 0 unspecified atom stereocenters. The predicted octanol–water partition coefficient (Wildman–Crippen LogP) is 0.850. The van der Waals surface area contributed by atoms with Crippen LogP contribution in [-0.4, -0.2) is 181 Å². The van der Waals surface area contributed by atoms with Gasteiger partial charge in [-0.1, -0.05) is 60.1 Å². The van der Waals surface area contributed by atoms with E-state index in [1.165, 1.54) is 12.5 Å². The molecule has 0 aromatic rings. The number of ether oxygens (including phenoxy) is 6. The zero-order chi connectivity index (χ0) is 50.6. The maximum absolute atomic E-state index is 13.2. The molecule has 8 aliphatic rings. The van der Waals surface area contributed by atoms with Gasteiger partial charge in [0.2, 0.25) is 5.91 Å². The molecule has 0 radical (unpaired) electrons. The molecule has 5 aliphatic carbocycles. The van der Waals surface area contributed by atoms with Gasteiger partial charge in [-0.15, -0.1) is 0 Å². The fourth-order valence-electron chi connectivity index (χ4n) is 15.6. The van der Waals surface area contributed by atoms with Crippen LogP contribution in [0.2, 0.25) is 0 Å². The minimum absolute atomic E-state index is 0.00750. The van der Waals surface area contributed by atoms with Crippen molar-refractivity contribution in [3.63, 3.8) is 0 Å². The average Bonchev–Trinajstić information content (AvgIpc) is 3.28. The third-order valence-electron chi connectivity index (χ3n) is 19.8. The number of carboxylic acids is 1. The molecule has 8 rings (SSSR count). The van der Waals surface area contributed by atoms with Crippen molar-refractivity contribution in [2.75, 3.05) is 19.8 Å². The van der Waals surface area contributed by atoms with Gasteiger partial charge >= 0.3 is 5.97 Å². The molecular formula is C50H81NO18. The van der Waals surface area contributed by atoms with Gasteiger partial charge in [0, 0.05) is 6.92 Å². The highest BCUT2D eigenvalue weighted by molar-refractivity contribution is 5.76. The first-order chi connectivity index (χ1) is 32.2. The van der Waals surface area contributed by atoms with Crippen LogP contribution in [-0.2, 0) is 38.0 Å². The van der Waals surface area contributed by atoms with Crippen molar-refractivity contribution < 1.29 is 89.1 Å². The topological polar surface area (TPSA) is 304 Å². The Kier molecular flexibility index (Phi) is 14.8. The molecule has 0 spiro atoms. The number of amides is 1. The molecule has 394 valence electrons. The normalized spacial score (nSPS) is 51.4. The fourth-order valence-corrected chi connectivity index (χ4v) is 15.6. The summed E-state index contributed by atoms with van der Waals surface area (Å²) in [4.78, 5) is 26.4. The van der Waals surface area contributed by atoms with Crippen LogP contribution in [0.25, 0.3) is 0 Å². The lowest BCUT2D eigenvalue weighted by molar-refractivity contribution is -0.380. The maximum atomic E-state index is 13.2. The second-order valence-electron chi connectivity index (χ2n) is 24.2. The summed E-state index contributed by atoms with van der Waals surface area (Å²) in [6.45, 7) is 15.2. The van der Waals surface area contributed by atoms with Crippen LogP contribution in [0.15, 0.2) is 11.6 Å². The van der Waals surface area contributed by atoms with Gasteiger partial charge in [-0.25, -0.2) is 0 Å². The predicted molar refractivity (Wildman–Crippen MR) is 242 cm³/mol. The third kappa shape index (κ3) is 8.65. The van der Waals surface area contributed by atoms with E-state index in [0.29, 0.717) is 25.2 Å². The van der Waals surface area contributed by atoms with Gasteiger partial charge in [0.25, 0.3) is 0 Å². The molecule has 0 bridgehead atoms. The molecule has 1 amide bonds. The van der Waals surface area contributed by atoms with Crippen molar-refractivity contribution in [1.29, 1.82) is 0 Å². The largest absolute Gasteiger partial charge is 0.481 e. The smallest absolute Gasteiger partial charge is 0.310 e. The summed E-state index contributed by atoms with van der Waals surface area (Å²) in [5, 5.41) is 109. The van der Waals surface area contributed by atoms with E-state index in [9.17, 15) is 60.7 Å². The SMILES string of the molecule is CC(=O)N[C@H]1[C@H](O[C@H]2CC[C@]3(C)[C@H]4CC=C5[C@H]6CC(C)(C)CC[C@]6(C(=O)O)CC[C@@]5(C)[C@]4(C)CC[C@H]3C2(C)C)O[C@H](CO)[C@@H](O[C@@H]2O[C@H](CO)[C@@H](O)[C@H](O)[C@H]2O)[C@@H]1O[C@@H]1O[C@H](CO)[C@@H](O)[C@H](O)[C@H]1O. The maximum Gasteiger partial charge on any atom is 0.310 e. The molecule has 3 saturated heterocycles. The van der Waals surface area contributed by atoms with Crippen molar-refractivity contribution >= 4 is 11.9 Å². The van der Waals surface area contributed by atoms with Gasteiger partial charge in [0.15, 0.2) is 18.9 Å². The molecule has 69 heavy (non-hydrogen) atoms. The first kappa shape index (κ1) is 53.4. The number of carbonyl (C=O) groups is 2. The van der Waals surface area contributed by atoms with Crippen LogP contribution >= 0.6 is 0 Å². The van der Waals surface area contributed by atoms with Gasteiger partial charge in [-0.3, -0.25) is 9.59 Å². The molecule has 11 N–H and O–H groups in total. The monoisotopic (exact) mass is 984 g/mol. The molecule has 3 heterocycles. The molecule has 0 aromatic heterocycles. The minimum atomic E-state index is -1.91. The van der Waals surface area contributed by atoms with Gasteiger partial charge in [0.05, 0.1) is 31.3 Å². The van der Waals surface area contributed by atoms with Crippen molar-refractivity contribution in [2.24, 2.45) is 50.2 Å². The molecule has 3 aliphatic heterocycles. The van der Waals surface area contributed by atoms with E-state index in [4.69, 9.17) is 28.4 Å². The third-order valence-corrected chi connectivity index (χ3v) is 19.8. The summed E-state index contributed by atoms with van der Waals surface area (Å²) in [6.07, 6.45) is -13.2. The highest BCUT2D eigenvalue weighted by atomic mass is 16.8. The zero-order valence-corrected chi connectivity index (χ0v) is 41.5. The number of allylic oxidation sites excluding steroid dienone is 2. The van der Waals surface area contributed by atoms with E-state index in [2.05, 4.69) is 59.9 Å². The molecule has 19 heteroatoms. The number of nitrogens with one attached hydrogen (secondary N) is 1. The van der Waals surface area contributed by atoms with Crippen LogP contribution in [0, 0.1) is 50.2 Å². The fraction of sp³-hybridized carbons (Fsp3) is 0.920. The van der Waals surface area contributed by atoms with Crippen LogP contribution in [0.1, 0.15) is 120 Å². The van der Waals surface area contributed by atoms with Crippen molar-refractivity contribution in [2.45, 2.75) is 218 Å². The number of aliphatic hydroxyl groups is 9. The standard InChI is InChI=1S/C50H81NO18/c1-23(55)51-32-40(69-43-38(61)36(59)34(57)27(21-53)65-43)39(68-42-37(60)35(58)33(56)26(20-52)64-42)28(22-54)66-41(32)67-31-12-13-47(6)29(46(31,4)5)11-14-49(8)30(47)10-9-24-25-19-45(2,3)15-17-50(25,44(62)63)18-16-48(24,49)7/h9,25-43,52-54,56-61H,10-22H2,1-8H3,(H,51,55)(H,62,63)/t25-,26-,27-,28-,29+,30-,31+,32-,33-,34-,35+,36+,37-,38-,39-,40-,41+,42+,43+,47+,48-,49-,50+/m1/s1. The first-order valence-electron chi connectivity index (χ1n) is 25.3. The van der Waals surface area contributed by atoms with E-state index in [0.717, 1.165) is 44.9 Å². The summed E-state index contributed by atoms with van der Waals surface area (Å²) < 4.78 is 37.6. The Bertz CT molecular complexity index is 1910. The summed E-state index contributed by atoms with van der Waals surface area (Å²) in [5.74, 6) is -0.804. The molecule has 7 fully saturated rings. The minimum Gasteiger partial charge on any atom is -0.481 e. The average molecular weight is 984 g/mol. The first-order valence-corrected chi connectivity index (χ1v) is 25.3. The highest BCUT2D eigenvalue weighted by Crippen LogP contribution is 2.76. The Morgan fingerprint density at radius 3 is 1.75 bits per heavy atom. The van der Waals surface area contributed by atoms with Crippen molar-refractivity contribution in [3.8, 4) is 0 Å². The number of aliphatic carboxylic acids is 1. The van der Waals surface area contributed by atoms with E-state index in [-0.39, 0.29) is 33.5 Å². The van der Waals surface area contributed by atoms with Crippen LogP contribution in [0.3, 0.4) is 0 Å². The van der Waals surface area contributed by atoms with Crippen LogP contribution in [0.4, 0.5) is 0 Å². The Balaban J connectivity index is 1.10. The zero-order valence-electron chi connectivity index (χ0n) is 41.5. The van der Waals surface area contributed by atoms with Gasteiger partial charge < -0.3 is 84.8 Å². The second-order valence-corrected chi connectivity index (χ2v) is 24.2. The van der Waals surface area contributed by atoms with Crippen molar-refractivity contribution in [1.82, 2.24) is 5.32 Å². The summed E-state index contributed by atoms with van der Waals surface area (Å²) in [6, 6.07) is -1.33. The second kappa shape index (κ2) is 19.1. The lowest BCUT2D eigenvalue weighted by Gasteiger charge is -2.71. The van der Waals surface area contributed by atoms with Crippen molar-refractivity contribution in [3.05, 3.63) is 11.6 Å². The molecule has 4 saturated carbocycles. The van der Waals surface area contributed by atoms with Crippen LogP contribution < -0.4 is 5.32 Å². The van der Waals surface area contributed by atoms with E-state index in [1.54, 1.807) is 0 Å². The highest BCUT2D eigenvalue weighted by Gasteiger charge is 2.70. The number of hydrogen-bond donors (Lipinski definition) is 11. The Hall–Kier alpha value is -1.92. The summed E-state index contributed by atoms with van der Waals surface area (Å²) in [5.41, 5.74) is -0.260. The lowest BCUT2D eigenvalue weighted by atomic mass is 9.33. The number of aliphatic hydroxyl groups excluding tert-OH is 9. The summed E-state index contributed by atoms with van der Waals surface area (Å²) >= 11 is 0. The Morgan fingerprint density at radius 1 is 0.652 bits per heavy atom. The Morgan fingerprint density at radius 2 is 1.20 bits per heavy atom. The quantitative estimate of drug-likeness (QED) is 0.101. The molecule has 23 atom stereocenters. The van der Waals surface area contributed by atoms with Gasteiger partial charge in [-0.2, -0.15) is 0 Å². The Labute approximate surface area is 404 Å². The summed E-state index contributed by atoms with van der Waals surface area (Å²) in [7, 11) is 0. The van der Waals surface area contributed by atoms with E-state index < -0.39 is 141 Å². The number of fused-ring (bicyclic) bond motifs is 7. The van der Waals surface area contributed by atoms with E-state index >= 15 is 0 Å². The number of carboxylic acid groups (broad SMARTS) is 1. The molecular weight excluding hydrogens is 903 g/mol. The molecule has 0 aromatic carbocycles. The molecule has 19 nitrogen and oxygen atoms in total. The lowest BCUT2D eigenvalue weighted by Crippen LogP contribution is -2.70. The number of hydrogen-bond acceptors (Lipinski definition) is 17. The van der Waals surface area contributed by atoms with E-state index in [1.807, 2.05) is 0 Å².